The molecule has 0 saturated heterocycles. The predicted molar refractivity (Wildman–Crippen MR) is 77.4 cm³/mol. The minimum Gasteiger partial charge on any atom is -0.454 e. The molecule has 21 heavy (non-hydrogen) atoms. The average molecular weight is 306 g/mol. The Morgan fingerprint density at radius 2 is 1.90 bits per heavy atom. The van der Waals surface area contributed by atoms with Crippen molar-refractivity contribution in [2.24, 2.45) is 0 Å². The summed E-state index contributed by atoms with van der Waals surface area (Å²) in [6.45, 7) is 0.349. The van der Waals surface area contributed by atoms with E-state index in [1.54, 1.807) is 30.3 Å². The van der Waals surface area contributed by atoms with Crippen molar-refractivity contribution < 1.29 is 17.9 Å². The van der Waals surface area contributed by atoms with Crippen LogP contribution in [0.4, 0.5) is 5.69 Å². The van der Waals surface area contributed by atoms with E-state index in [2.05, 4.69) is 4.72 Å². The second kappa shape index (κ2) is 5.27. The Balaban J connectivity index is 1.75. The number of rotatable bonds is 4. The molecule has 110 valence electrons. The van der Waals surface area contributed by atoms with Crippen LogP contribution >= 0.6 is 0 Å². The first-order valence-electron chi connectivity index (χ1n) is 6.28. The molecule has 0 bridgehead atoms. The fourth-order valence-corrected chi connectivity index (χ4v) is 3.07. The number of ether oxygens (including phenoxy) is 2. The molecule has 0 radical (unpaired) electrons. The van der Waals surface area contributed by atoms with Crippen LogP contribution in [-0.2, 0) is 16.6 Å². The van der Waals surface area contributed by atoms with Crippen molar-refractivity contribution in [3.05, 3.63) is 48.0 Å². The number of nitrogen functional groups attached to an aromatic ring is 1. The van der Waals surface area contributed by atoms with Crippen LogP contribution in [0, 0.1) is 0 Å². The number of fused-ring (bicyclic) bond motifs is 1. The standard InChI is InChI=1S/C14H14N2O4S/c15-11-2-1-3-12(7-11)21(17,18)16-8-10-4-5-13-14(6-10)20-9-19-13/h1-7,16H,8-9,15H2. The molecular formula is C14H14N2O4S. The molecule has 7 heteroatoms. The number of sulfonamides is 1. The average Bonchev–Trinajstić information content (AvgIpc) is 2.93. The third-order valence-corrected chi connectivity index (χ3v) is 4.47. The molecule has 0 aromatic heterocycles. The van der Waals surface area contributed by atoms with Gasteiger partial charge in [-0.25, -0.2) is 13.1 Å². The second-order valence-electron chi connectivity index (χ2n) is 4.58. The lowest BCUT2D eigenvalue weighted by Gasteiger charge is -2.08. The summed E-state index contributed by atoms with van der Waals surface area (Å²) in [5, 5.41) is 0. The van der Waals surface area contributed by atoms with Gasteiger partial charge >= 0.3 is 0 Å². The van der Waals surface area contributed by atoms with Gasteiger partial charge in [0.25, 0.3) is 0 Å². The zero-order chi connectivity index (χ0) is 14.9. The smallest absolute Gasteiger partial charge is 0.240 e. The van der Waals surface area contributed by atoms with E-state index in [1.165, 1.54) is 12.1 Å². The lowest BCUT2D eigenvalue weighted by atomic mass is 10.2. The van der Waals surface area contributed by atoms with Gasteiger partial charge in [-0.1, -0.05) is 12.1 Å². The molecule has 0 atom stereocenters. The van der Waals surface area contributed by atoms with Crippen LogP contribution < -0.4 is 19.9 Å². The molecule has 0 spiro atoms. The van der Waals surface area contributed by atoms with Crippen molar-refractivity contribution in [1.82, 2.24) is 4.72 Å². The van der Waals surface area contributed by atoms with Gasteiger partial charge in [0.1, 0.15) is 0 Å². The molecule has 1 aliphatic heterocycles. The maximum absolute atomic E-state index is 12.2. The Bertz CT molecular complexity index is 774. The molecule has 0 saturated carbocycles. The summed E-state index contributed by atoms with van der Waals surface area (Å²) in [6.07, 6.45) is 0. The molecule has 2 aromatic rings. The predicted octanol–water partition coefficient (Wildman–Crippen LogP) is 1.48. The minimum absolute atomic E-state index is 0.142. The Morgan fingerprint density at radius 3 is 2.71 bits per heavy atom. The lowest BCUT2D eigenvalue weighted by molar-refractivity contribution is 0.174. The number of hydrogen-bond acceptors (Lipinski definition) is 5. The molecule has 1 heterocycles. The van der Waals surface area contributed by atoms with Gasteiger partial charge in [-0.05, 0) is 35.9 Å². The maximum atomic E-state index is 12.2. The van der Waals surface area contributed by atoms with Crippen molar-refractivity contribution in [3.63, 3.8) is 0 Å². The van der Waals surface area contributed by atoms with Gasteiger partial charge in [-0.15, -0.1) is 0 Å². The van der Waals surface area contributed by atoms with Gasteiger partial charge in [0, 0.05) is 12.2 Å². The van der Waals surface area contributed by atoms with Crippen molar-refractivity contribution in [2.45, 2.75) is 11.4 Å². The lowest BCUT2D eigenvalue weighted by Crippen LogP contribution is -2.23. The first-order chi connectivity index (χ1) is 10.0. The first kappa shape index (κ1) is 13.7. The first-order valence-corrected chi connectivity index (χ1v) is 7.77. The van der Waals surface area contributed by atoms with Crippen LogP contribution in [0.3, 0.4) is 0 Å². The van der Waals surface area contributed by atoms with Gasteiger partial charge in [-0.2, -0.15) is 0 Å². The molecule has 3 rings (SSSR count). The van der Waals surface area contributed by atoms with E-state index in [0.717, 1.165) is 5.56 Å². The van der Waals surface area contributed by atoms with Crippen LogP contribution in [0.2, 0.25) is 0 Å². The number of benzene rings is 2. The molecule has 6 nitrogen and oxygen atoms in total. The van der Waals surface area contributed by atoms with Gasteiger partial charge in [-0.3, -0.25) is 0 Å². The molecule has 0 aliphatic carbocycles. The summed E-state index contributed by atoms with van der Waals surface area (Å²) in [5.74, 6) is 1.29. The zero-order valence-corrected chi connectivity index (χ0v) is 11.9. The van der Waals surface area contributed by atoms with E-state index in [-0.39, 0.29) is 18.2 Å². The SMILES string of the molecule is Nc1cccc(S(=O)(=O)NCc2ccc3c(c2)OCO3)c1. The topological polar surface area (TPSA) is 90.7 Å². The highest BCUT2D eigenvalue weighted by molar-refractivity contribution is 7.89. The van der Waals surface area contributed by atoms with Crippen LogP contribution in [0.15, 0.2) is 47.4 Å². The molecule has 0 unspecified atom stereocenters. The zero-order valence-electron chi connectivity index (χ0n) is 11.1. The largest absolute Gasteiger partial charge is 0.454 e. The van der Waals surface area contributed by atoms with E-state index in [4.69, 9.17) is 15.2 Å². The Labute approximate surface area is 122 Å². The van der Waals surface area contributed by atoms with E-state index < -0.39 is 10.0 Å². The summed E-state index contributed by atoms with van der Waals surface area (Å²) < 4.78 is 37.3. The molecule has 0 amide bonds. The summed E-state index contributed by atoms with van der Waals surface area (Å²) in [7, 11) is -3.60. The third-order valence-electron chi connectivity index (χ3n) is 3.07. The molecular weight excluding hydrogens is 292 g/mol. The highest BCUT2D eigenvalue weighted by atomic mass is 32.2. The van der Waals surface area contributed by atoms with Gasteiger partial charge in [0.15, 0.2) is 11.5 Å². The van der Waals surface area contributed by atoms with E-state index >= 15 is 0 Å². The summed E-state index contributed by atoms with van der Waals surface area (Å²) >= 11 is 0. The molecule has 2 aromatic carbocycles. The number of nitrogens with one attached hydrogen (secondary N) is 1. The summed E-state index contributed by atoms with van der Waals surface area (Å²) in [5.41, 5.74) is 6.79. The van der Waals surface area contributed by atoms with Crippen LogP contribution in [0.5, 0.6) is 11.5 Å². The van der Waals surface area contributed by atoms with Gasteiger partial charge in [0.05, 0.1) is 4.90 Å². The number of hydrogen-bond donors (Lipinski definition) is 2. The van der Waals surface area contributed by atoms with Crippen molar-refractivity contribution in [2.75, 3.05) is 12.5 Å². The van der Waals surface area contributed by atoms with Gasteiger partial charge < -0.3 is 15.2 Å². The van der Waals surface area contributed by atoms with Crippen molar-refractivity contribution in [3.8, 4) is 11.5 Å². The van der Waals surface area contributed by atoms with E-state index in [9.17, 15) is 8.42 Å². The fourth-order valence-electron chi connectivity index (χ4n) is 1.99. The highest BCUT2D eigenvalue weighted by Gasteiger charge is 2.16. The van der Waals surface area contributed by atoms with Gasteiger partial charge in [0.2, 0.25) is 16.8 Å². The Kier molecular flexibility index (Phi) is 3.44. The Morgan fingerprint density at radius 1 is 1.10 bits per heavy atom. The summed E-state index contributed by atoms with van der Waals surface area (Å²) in [6, 6.07) is 11.5. The van der Waals surface area contributed by atoms with E-state index in [0.29, 0.717) is 17.2 Å². The maximum Gasteiger partial charge on any atom is 0.240 e. The fraction of sp³-hybridized carbons (Fsp3) is 0.143. The van der Waals surface area contributed by atoms with Crippen LogP contribution in [0.1, 0.15) is 5.56 Å². The minimum atomic E-state index is -3.60. The normalized spacial score (nSPS) is 13.3. The molecule has 1 aliphatic rings. The van der Waals surface area contributed by atoms with Crippen molar-refractivity contribution >= 4 is 15.7 Å². The quantitative estimate of drug-likeness (QED) is 0.835. The number of nitrogens with two attached hydrogens (primary N) is 1. The number of anilines is 1. The molecule has 0 fully saturated rings. The Hall–Kier alpha value is -2.25. The van der Waals surface area contributed by atoms with Crippen LogP contribution in [-0.4, -0.2) is 15.2 Å². The third kappa shape index (κ3) is 2.93. The highest BCUT2D eigenvalue weighted by Crippen LogP contribution is 2.32. The summed E-state index contributed by atoms with van der Waals surface area (Å²) in [4.78, 5) is 0.142. The molecule has 3 N–H and O–H groups in total. The monoisotopic (exact) mass is 306 g/mol. The van der Waals surface area contributed by atoms with Crippen molar-refractivity contribution in [1.29, 1.82) is 0 Å². The van der Waals surface area contributed by atoms with E-state index in [1.807, 2.05) is 0 Å². The second-order valence-corrected chi connectivity index (χ2v) is 6.35. The van der Waals surface area contributed by atoms with Crippen LogP contribution in [0.25, 0.3) is 0 Å².